The first-order valence-corrected chi connectivity index (χ1v) is 9.61. The number of nitrogens with two attached hydrogens (primary N) is 1. The van der Waals surface area contributed by atoms with Crippen molar-refractivity contribution in [2.24, 2.45) is 17.6 Å². The quantitative estimate of drug-likeness (QED) is 0.679. The molecule has 0 amide bonds. The Kier molecular flexibility index (Phi) is 7.94. The summed E-state index contributed by atoms with van der Waals surface area (Å²) in [5.74, 6) is 2.38. The topological polar surface area (TPSA) is 35.2 Å². The highest BCUT2D eigenvalue weighted by molar-refractivity contribution is 5.25. The van der Waals surface area contributed by atoms with Gasteiger partial charge in [-0.1, -0.05) is 70.1 Å². The molecule has 2 rings (SSSR count). The van der Waals surface area contributed by atoms with E-state index in [0.29, 0.717) is 19.1 Å². The van der Waals surface area contributed by atoms with Crippen LogP contribution >= 0.6 is 0 Å². The van der Waals surface area contributed by atoms with Gasteiger partial charge in [-0.3, -0.25) is 0 Å². The van der Waals surface area contributed by atoms with E-state index in [2.05, 4.69) is 25.7 Å². The zero-order chi connectivity index (χ0) is 16.5. The van der Waals surface area contributed by atoms with E-state index in [1.54, 1.807) is 5.57 Å². The molecular weight excluding hydrogens is 282 g/mol. The second-order valence-electron chi connectivity index (χ2n) is 7.41. The molecule has 1 unspecified atom stereocenters. The zero-order valence-corrected chi connectivity index (χ0v) is 15.0. The van der Waals surface area contributed by atoms with Gasteiger partial charge in [0.1, 0.15) is 6.61 Å². The second kappa shape index (κ2) is 9.97. The maximum atomic E-state index is 5.90. The monoisotopic (exact) mass is 317 g/mol. The summed E-state index contributed by atoms with van der Waals surface area (Å²) in [5, 5.41) is 0. The van der Waals surface area contributed by atoms with Crippen molar-refractivity contribution in [2.45, 2.75) is 71.1 Å². The number of rotatable bonds is 5. The lowest BCUT2D eigenvalue weighted by Gasteiger charge is -2.28. The van der Waals surface area contributed by atoms with Crippen molar-refractivity contribution in [1.29, 1.82) is 0 Å². The van der Waals surface area contributed by atoms with Crippen molar-refractivity contribution in [3.8, 4) is 0 Å². The molecule has 0 heterocycles. The van der Waals surface area contributed by atoms with Gasteiger partial charge in [-0.05, 0) is 36.8 Å². The normalized spacial score (nSPS) is 24.5. The summed E-state index contributed by atoms with van der Waals surface area (Å²) in [6.07, 6.45) is 18.4. The maximum absolute atomic E-state index is 5.90. The van der Waals surface area contributed by atoms with Crippen molar-refractivity contribution in [3.63, 3.8) is 0 Å². The standard InChI is InChI=1S/C21H35NO/c1-17(15-22)16-23-21-13-12-20(14-18(21)2)19-10-8-6-4-3-5-7-9-11-19/h12-13,18-19H,1,3-11,14-16,22H2,2H3. The van der Waals surface area contributed by atoms with Crippen LogP contribution in [0.15, 0.2) is 35.6 Å². The third kappa shape index (κ3) is 6.18. The molecule has 0 aromatic heterocycles. The average Bonchev–Trinajstić information content (AvgIpc) is 2.58. The van der Waals surface area contributed by atoms with E-state index in [1.807, 2.05) is 0 Å². The van der Waals surface area contributed by atoms with Gasteiger partial charge in [0.05, 0.1) is 5.76 Å². The zero-order valence-electron chi connectivity index (χ0n) is 15.0. The Morgan fingerprint density at radius 1 is 1.09 bits per heavy atom. The Morgan fingerprint density at radius 2 is 1.70 bits per heavy atom. The average molecular weight is 318 g/mol. The molecule has 1 atom stereocenters. The molecule has 2 aliphatic rings. The number of allylic oxidation sites excluding steroid dienone is 4. The van der Waals surface area contributed by atoms with E-state index >= 15 is 0 Å². The highest BCUT2D eigenvalue weighted by atomic mass is 16.5. The molecule has 0 spiro atoms. The van der Waals surface area contributed by atoms with Gasteiger partial charge in [-0.25, -0.2) is 0 Å². The summed E-state index contributed by atoms with van der Waals surface area (Å²) in [6.45, 7) is 7.26. The predicted octanol–water partition coefficient (Wildman–Crippen LogP) is 5.51. The van der Waals surface area contributed by atoms with Gasteiger partial charge in [0.2, 0.25) is 0 Å². The smallest absolute Gasteiger partial charge is 0.110 e. The van der Waals surface area contributed by atoms with Crippen molar-refractivity contribution in [2.75, 3.05) is 13.2 Å². The molecule has 1 saturated carbocycles. The fourth-order valence-electron chi connectivity index (χ4n) is 3.79. The van der Waals surface area contributed by atoms with Gasteiger partial charge < -0.3 is 10.5 Å². The first-order chi connectivity index (χ1) is 11.2. The summed E-state index contributed by atoms with van der Waals surface area (Å²) in [6, 6.07) is 0. The van der Waals surface area contributed by atoms with E-state index < -0.39 is 0 Å². The lowest BCUT2D eigenvalue weighted by molar-refractivity contribution is 0.199. The molecule has 0 aromatic rings. The molecule has 130 valence electrons. The van der Waals surface area contributed by atoms with Crippen LogP contribution < -0.4 is 5.73 Å². The molecule has 0 bridgehead atoms. The van der Waals surface area contributed by atoms with Gasteiger partial charge in [0, 0.05) is 12.5 Å². The Balaban J connectivity index is 1.94. The highest BCUT2D eigenvalue weighted by Crippen LogP contribution is 2.35. The Morgan fingerprint density at radius 3 is 2.26 bits per heavy atom. The van der Waals surface area contributed by atoms with Crippen LogP contribution in [-0.2, 0) is 4.74 Å². The van der Waals surface area contributed by atoms with Crippen LogP contribution in [0.3, 0.4) is 0 Å². The van der Waals surface area contributed by atoms with E-state index in [-0.39, 0.29) is 0 Å². The molecule has 2 nitrogen and oxygen atoms in total. The Labute approximate surface area is 142 Å². The van der Waals surface area contributed by atoms with E-state index in [9.17, 15) is 0 Å². The van der Waals surface area contributed by atoms with Crippen LogP contribution in [0.1, 0.15) is 71.1 Å². The molecule has 2 aliphatic carbocycles. The van der Waals surface area contributed by atoms with E-state index in [0.717, 1.165) is 23.7 Å². The van der Waals surface area contributed by atoms with Crippen LogP contribution in [-0.4, -0.2) is 13.2 Å². The molecule has 0 radical (unpaired) electrons. The lowest BCUT2D eigenvalue weighted by atomic mass is 9.80. The summed E-state index contributed by atoms with van der Waals surface area (Å²) in [4.78, 5) is 0. The van der Waals surface area contributed by atoms with Crippen LogP contribution in [0.25, 0.3) is 0 Å². The molecule has 0 aliphatic heterocycles. The van der Waals surface area contributed by atoms with Crippen LogP contribution in [0, 0.1) is 11.8 Å². The second-order valence-corrected chi connectivity index (χ2v) is 7.41. The van der Waals surface area contributed by atoms with Crippen LogP contribution in [0.4, 0.5) is 0 Å². The lowest BCUT2D eigenvalue weighted by Crippen LogP contribution is -2.16. The summed E-state index contributed by atoms with van der Waals surface area (Å²) < 4.78 is 5.90. The minimum atomic E-state index is 0.482. The minimum Gasteiger partial charge on any atom is -0.493 e. The maximum Gasteiger partial charge on any atom is 0.110 e. The Hall–Kier alpha value is -1.02. The SMILES string of the molecule is C=C(CN)COC1=CC=C(C2CCCCCCCCC2)CC1C. The summed E-state index contributed by atoms with van der Waals surface area (Å²) in [5.41, 5.74) is 8.20. The third-order valence-electron chi connectivity index (χ3n) is 5.35. The van der Waals surface area contributed by atoms with Gasteiger partial charge in [0.15, 0.2) is 0 Å². The number of hydrogen-bond acceptors (Lipinski definition) is 2. The van der Waals surface area contributed by atoms with E-state index in [4.69, 9.17) is 10.5 Å². The van der Waals surface area contributed by atoms with Crippen LogP contribution in [0.2, 0.25) is 0 Å². The fourth-order valence-corrected chi connectivity index (χ4v) is 3.79. The minimum absolute atomic E-state index is 0.482. The molecule has 23 heavy (non-hydrogen) atoms. The van der Waals surface area contributed by atoms with Crippen molar-refractivity contribution < 1.29 is 4.74 Å². The molecule has 1 fully saturated rings. The third-order valence-corrected chi connectivity index (χ3v) is 5.35. The van der Waals surface area contributed by atoms with Crippen molar-refractivity contribution in [3.05, 3.63) is 35.6 Å². The predicted molar refractivity (Wildman–Crippen MR) is 99.1 cm³/mol. The van der Waals surface area contributed by atoms with Gasteiger partial charge >= 0.3 is 0 Å². The highest BCUT2D eigenvalue weighted by Gasteiger charge is 2.22. The first-order valence-electron chi connectivity index (χ1n) is 9.61. The van der Waals surface area contributed by atoms with Gasteiger partial charge in [-0.15, -0.1) is 0 Å². The molecule has 0 aromatic carbocycles. The first kappa shape index (κ1) is 18.3. The van der Waals surface area contributed by atoms with Gasteiger partial charge in [-0.2, -0.15) is 0 Å². The molecular formula is C21H35NO. The van der Waals surface area contributed by atoms with E-state index in [1.165, 1.54) is 57.8 Å². The largest absolute Gasteiger partial charge is 0.493 e. The summed E-state index contributed by atoms with van der Waals surface area (Å²) in [7, 11) is 0. The molecule has 2 heteroatoms. The number of hydrogen-bond donors (Lipinski definition) is 1. The van der Waals surface area contributed by atoms with Crippen molar-refractivity contribution in [1.82, 2.24) is 0 Å². The molecule has 2 N–H and O–H groups in total. The molecule has 0 saturated heterocycles. The fraction of sp³-hybridized carbons (Fsp3) is 0.714. The Bertz CT molecular complexity index is 425. The van der Waals surface area contributed by atoms with Crippen LogP contribution in [0.5, 0.6) is 0 Å². The number of ether oxygens (including phenoxy) is 1. The summed E-state index contributed by atoms with van der Waals surface area (Å²) >= 11 is 0. The van der Waals surface area contributed by atoms with Gasteiger partial charge in [0.25, 0.3) is 0 Å². The van der Waals surface area contributed by atoms with Crippen molar-refractivity contribution >= 4 is 0 Å².